The molecule has 0 radical (unpaired) electrons. The van der Waals surface area contributed by atoms with Crippen molar-refractivity contribution in [3.05, 3.63) is 66.2 Å². The van der Waals surface area contributed by atoms with Crippen molar-refractivity contribution in [2.45, 2.75) is 4.83 Å². The maximum Gasteiger partial charge on any atom is 0.138 e. The van der Waals surface area contributed by atoms with Crippen molar-refractivity contribution in [3.8, 4) is 11.3 Å². The maximum atomic E-state index is 11.1. The van der Waals surface area contributed by atoms with Crippen LogP contribution in [-0.4, -0.2) is 11.3 Å². The second-order valence-corrected chi connectivity index (χ2v) is 5.50. The quantitative estimate of drug-likeness (QED) is 0.522. The number of carbonyl (C=O) groups excluding carboxylic acids is 1. The van der Waals surface area contributed by atoms with Crippen molar-refractivity contribution in [2.75, 3.05) is 0 Å². The lowest BCUT2D eigenvalue weighted by molar-refractivity contribution is -0.107. The minimum atomic E-state index is -0.321. The lowest BCUT2D eigenvalue weighted by Gasteiger charge is -2.11. The molecule has 20 heavy (non-hydrogen) atoms. The number of alkyl halides is 1. The predicted octanol–water partition coefficient (Wildman–Crippen LogP) is 4.54. The standard InChI is InChI=1S/C17H12BrNO/c18-15(11-20)14-10-17(12-6-2-1-3-7-12)19-16-9-5-4-8-13(14)16/h1-11,15H. The van der Waals surface area contributed by atoms with Crippen LogP contribution in [0.4, 0.5) is 0 Å². The number of rotatable bonds is 3. The second kappa shape index (κ2) is 5.55. The number of hydrogen-bond acceptors (Lipinski definition) is 2. The van der Waals surface area contributed by atoms with E-state index in [1.165, 1.54) is 0 Å². The predicted molar refractivity (Wildman–Crippen MR) is 84.9 cm³/mol. The van der Waals surface area contributed by atoms with Gasteiger partial charge >= 0.3 is 0 Å². The van der Waals surface area contributed by atoms with E-state index in [9.17, 15) is 4.79 Å². The normalized spacial score (nSPS) is 12.2. The van der Waals surface area contributed by atoms with E-state index in [1.54, 1.807) is 0 Å². The number of nitrogens with zero attached hydrogens (tertiary/aromatic N) is 1. The first kappa shape index (κ1) is 13.0. The van der Waals surface area contributed by atoms with E-state index >= 15 is 0 Å². The van der Waals surface area contributed by atoms with Gasteiger partial charge in [-0.25, -0.2) is 4.98 Å². The lowest BCUT2D eigenvalue weighted by atomic mass is 10.0. The van der Waals surface area contributed by atoms with E-state index in [0.29, 0.717) is 0 Å². The summed E-state index contributed by atoms with van der Waals surface area (Å²) < 4.78 is 0. The van der Waals surface area contributed by atoms with Gasteiger partial charge in [-0.15, -0.1) is 0 Å². The Bertz CT molecular complexity index is 755. The molecule has 0 bridgehead atoms. The second-order valence-electron chi connectivity index (χ2n) is 4.52. The Morgan fingerprint density at radius 3 is 2.45 bits per heavy atom. The van der Waals surface area contributed by atoms with Gasteiger partial charge in [0.2, 0.25) is 0 Å². The summed E-state index contributed by atoms with van der Waals surface area (Å²) in [6.45, 7) is 0. The van der Waals surface area contributed by atoms with E-state index in [0.717, 1.165) is 34.0 Å². The van der Waals surface area contributed by atoms with Gasteiger partial charge in [-0.3, -0.25) is 0 Å². The summed E-state index contributed by atoms with van der Waals surface area (Å²) in [5.74, 6) is 0. The van der Waals surface area contributed by atoms with E-state index < -0.39 is 0 Å². The molecular formula is C17H12BrNO. The molecule has 1 heterocycles. The zero-order chi connectivity index (χ0) is 13.9. The lowest BCUT2D eigenvalue weighted by Crippen LogP contribution is -1.96. The number of fused-ring (bicyclic) bond motifs is 1. The maximum absolute atomic E-state index is 11.1. The van der Waals surface area contributed by atoms with Gasteiger partial charge in [0, 0.05) is 10.9 Å². The van der Waals surface area contributed by atoms with Crippen molar-refractivity contribution in [1.29, 1.82) is 0 Å². The van der Waals surface area contributed by atoms with Gasteiger partial charge in [-0.05, 0) is 17.7 Å². The minimum Gasteiger partial charge on any atom is -0.302 e. The van der Waals surface area contributed by atoms with Gasteiger partial charge in [-0.2, -0.15) is 0 Å². The number of aldehydes is 1. The molecule has 0 saturated heterocycles. The summed E-state index contributed by atoms with van der Waals surface area (Å²) in [5.41, 5.74) is 3.77. The molecule has 0 N–H and O–H groups in total. The summed E-state index contributed by atoms with van der Waals surface area (Å²) in [5, 5.41) is 1.00. The third kappa shape index (κ3) is 2.37. The first-order valence-corrected chi connectivity index (χ1v) is 7.25. The van der Waals surface area contributed by atoms with Gasteiger partial charge < -0.3 is 4.79 Å². The highest BCUT2D eigenvalue weighted by Crippen LogP contribution is 2.31. The van der Waals surface area contributed by atoms with Crippen LogP contribution in [0.2, 0.25) is 0 Å². The molecule has 3 heteroatoms. The van der Waals surface area contributed by atoms with E-state index in [4.69, 9.17) is 0 Å². The zero-order valence-corrected chi connectivity index (χ0v) is 12.2. The average Bonchev–Trinajstić information content (AvgIpc) is 2.54. The summed E-state index contributed by atoms with van der Waals surface area (Å²) in [7, 11) is 0. The van der Waals surface area contributed by atoms with Gasteiger partial charge in [0.25, 0.3) is 0 Å². The van der Waals surface area contributed by atoms with Crippen molar-refractivity contribution in [2.24, 2.45) is 0 Å². The number of carbonyl (C=O) groups is 1. The number of benzene rings is 2. The largest absolute Gasteiger partial charge is 0.302 e. The van der Waals surface area contributed by atoms with Gasteiger partial charge in [0.1, 0.15) is 6.29 Å². The van der Waals surface area contributed by atoms with Gasteiger partial charge in [0.15, 0.2) is 0 Å². The summed E-state index contributed by atoms with van der Waals surface area (Å²) in [6, 6.07) is 19.8. The highest BCUT2D eigenvalue weighted by molar-refractivity contribution is 9.09. The number of halogens is 1. The molecule has 0 saturated carbocycles. The fourth-order valence-electron chi connectivity index (χ4n) is 2.26. The molecule has 0 aliphatic carbocycles. The van der Waals surface area contributed by atoms with Crippen molar-refractivity contribution < 1.29 is 4.79 Å². The molecule has 1 aromatic heterocycles. The van der Waals surface area contributed by atoms with Crippen LogP contribution in [0, 0.1) is 0 Å². The molecule has 98 valence electrons. The van der Waals surface area contributed by atoms with Crippen LogP contribution >= 0.6 is 15.9 Å². The Balaban J connectivity index is 2.28. The molecule has 2 aromatic carbocycles. The minimum absolute atomic E-state index is 0.321. The van der Waals surface area contributed by atoms with Crippen LogP contribution in [0.5, 0.6) is 0 Å². The number of aromatic nitrogens is 1. The molecule has 0 spiro atoms. The Morgan fingerprint density at radius 2 is 1.70 bits per heavy atom. The van der Waals surface area contributed by atoms with Crippen molar-refractivity contribution >= 4 is 33.1 Å². The zero-order valence-electron chi connectivity index (χ0n) is 10.7. The highest BCUT2D eigenvalue weighted by atomic mass is 79.9. The Labute approximate surface area is 125 Å². The Morgan fingerprint density at radius 1 is 1.00 bits per heavy atom. The smallest absolute Gasteiger partial charge is 0.138 e. The van der Waals surface area contributed by atoms with Crippen LogP contribution in [0.25, 0.3) is 22.2 Å². The highest BCUT2D eigenvalue weighted by Gasteiger charge is 2.13. The summed E-state index contributed by atoms with van der Waals surface area (Å²) >= 11 is 3.42. The van der Waals surface area contributed by atoms with Crippen LogP contribution < -0.4 is 0 Å². The first-order chi connectivity index (χ1) is 9.79. The fraction of sp³-hybridized carbons (Fsp3) is 0.0588. The van der Waals surface area contributed by atoms with Crippen molar-refractivity contribution in [3.63, 3.8) is 0 Å². The van der Waals surface area contributed by atoms with E-state index in [-0.39, 0.29) is 4.83 Å². The molecule has 0 aliphatic heterocycles. The number of para-hydroxylation sites is 1. The molecule has 3 rings (SSSR count). The summed E-state index contributed by atoms with van der Waals surface area (Å²) in [6.07, 6.45) is 0.899. The van der Waals surface area contributed by atoms with Crippen LogP contribution in [0.15, 0.2) is 60.7 Å². The van der Waals surface area contributed by atoms with Gasteiger partial charge in [-0.1, -0.05) is 64.5 Å². The fourth-order valence-corrected chi connectivity index (χ4v) is 2.64. The average molecular weight is 326 g/mol. The molecule has 3 aromatic rings. The SMILES string of the molecule is O=CC(Br)c1cc(-c2ccccc2)nc2ccccc12. The van der Waals surface area contributed by atoms with Crippen molar-refractivity contribution in [1.82, 2.24) is 4.98 Å². The monoisotopic (exact) mass is 325 g/mol. The van der Waals surface area contributed by atoms with Crippen LogP contribution in [-0.2, 0) is 4.79 Å². The third-order valence-corrected chi connectivity index (χ3v) is 3.94. The molecule has 0 aliphatic rings. The van der Waals surface area contributed by atoms with Crippen LogP contribution in [0.1, 0.15) is 10.4 Å². The molecule has 0 amide bonds. The third-order valence-electron chi connectivity index (χ3n) is 3.23. The topological polar surface area (TPSA) is 30.0 Å². The Kier molecular flexibility index (Phi) is 3.61. The van der Waals surface area contributed by atoms with E-state index in [1.807, 2.05) is 60.7 Å². The first-order valence-electron chi connectivity index (χ1n) is 6.34. The Hall–Kier alpha value is -2.00. The summed E-state index contributed by atoms with van der Waals surface area (Å²) in [4.78, 5) is 15.5. The molecule has 1 atom stereocenters. The van der Waals surface area contributed by atoms with Crippen LogP contribution in [0.3, 0.4) is 0 Å². The molecule has 0 fully saturated rings. The molecule has 2 nitrogen and oxygen atoms in total. The number of pyridine rings is 1. The molecular weight excluding hydrogens is 314 g/mol. The number of hydrogen-bond donors (Lipinski definition) is 0. The van der Waals surface area contributed by atoms with Gasteiger partial charge in [0.05, 0.1) is 16.0 Å². The molecule has 1 unspecified atom stereocenters. The van der Waals surface area contributed by atoms with E-state index in [2.05, 4.69) is 20.9 Å².